The molecule has 2 aromatic rings. The van der Waals surface area contributed by atoms with Gasteiger partial charge in [0.25, 0.3) is 0 Å². The third kappa shape index (κ3) is 11.4. The summed E-state index contributed by atoms with van der Waals surface area (Å²) in [6.07, 6.45) is 7.19. The van der Waals surface area contributed by atoms with E-state index in [-0.39, 0.29) is 0 Å². The first kappa shape index (κ1) is 18.3. The Labute approximate surface area is 124 Å². The van der Waals surface area contributed by atoms with Crippen molar-refractivity contribution in [2.45, 2.75) is 41.5 Å². The highest BCUT2D eigenvalue weighted by Gasteiger charge is 1.93. The number of rotatable bonds is 1. The van der Waals surface area contributed by atoms with Crippen molar-refractivity contribution < 1.29 is 0 Å². The van der Waals surface area contributed by atoms with E-state index in [1.807, 2.05) is 36.7 Å². The molecule has 0 bridgehead atoms. The van der Waals surface area contributed by atoms with Gasteiger partial charge >= 0.3 is 0 Å². The van der Waals surface area contributed by atoms with Crippen LogP contribution in [0.15, 0.2) is 49.1 Å². The molecule has 2 heteroatoms. The molecule has 0 aliphatic rings. The van der Waals surface area contributed by atoms with Gasteiger partial charge in [0.15, 0.2) is 0 Å². The zero-order valence-electron chi connectivity index (χ0n) is 13.7. The van der Waals surface area contributed by atoms with E-state index < -0.39 is 0 Å². The number of aromatic nitrogens is 2. The van der Waals surface area contributed by atoms with Crippen molar-refractivity contribution >= 4 is 0 Å². The minimum atomic E-state index is 0.833. The number of hydrogen-bond acceptors (Lipinski definition) is 2. The molecule has 2 heterocycles. The summed E-state index contributed by atoms with van der Waals surface area (Å²) in [5.74, 6) is 1.67. The second-order valence-corrected chi connectivity index (χ2v) is 5.95. The molecule has 0 saturated carbocycles. The SMILES string of the molecule is CC(C)C.CC(C)C.c1cncc(-c2cccnc2)c1. The summed E-state index contributed by atoms with van der Waals surface area (Å²) in [5.41, 5.74) is 2.20. The Balaban J connectivity index is 0.000000380. The summed E-state index contributed by atoms with van der Waals surface area (Å²) in [5, 5.41) is 0. The lowest BCUT2D eigenvalue weighted by Crippen LogP contribution is -1.79. The van der Waals surface area contributed by atoms with Crippen LogP contribution in [0.1, 0.15) is 41.5 Å². The quantitative estimate of drug-likeness (QED) is 0.688. The van der Waals surface area contributed by atoms with Crippen molar-refractivity contribution in [2.75, 3.05) is 0 Å². The Morgan fingerprint density at radius 3 is 1.15 bits per heavy atom. The van der Waals surface area contributed by atoms with Crippen molar-refractivity contribution in [1.29, 1.82) is 0 Å². The predicted octanol–water partition coefficient (Wildman–Crippen LogP) is 5.47. The van der Waals surface area contributed by atoms with Crippen molar-refractivity contribution in [1.82, 2.24) is 9.97 Å². The Morgan fingerprint density at radius 1 is 0.650 bits per heavy atom. The summed E-state index contributed by atoms with van der Waals surface area (Å²) in [6.45, 7) is 13.0. The van der Waals surface area contributed by atoms with Gasteiger partial charge in [-0.15, -0.1) is 0 Å². The smallest absolute Gasteiger partial charge is 0.0346 e. The molecule has 2 nitrogen and oxygen atoms in total. The number of hydrogen-bond donors (Lipinski definition) is 0. The highest BCUT2D eigenvalue weighted by Crippen LogP contribution is 2.14. The fourth-order valence-corrected chi connectivity index (χ4v) is 1.07. The monoisotopic (exact) mass is 272 g/mol. The molecular weight excluding hydrogens is 244 g/mol. The average molecular weight is 272 g/mol. The molecule has 0 aliphatic carbocycles. The second kappa shape index (κ2) is 11.2. The van der Waals surface area contributed by atoms with E-state index in [0.29, 0.717) is 0 Å². The molecule has 0 N–H and O–H groups in total. The van der Waals surface area contributed by atoms with Crippen LogP contribution in [-0.4, -0.2) is 9.97 Å². The van der Waals surface area contributed by atoms with Gasteiger partial charge in [-0.3, -0.25) is 9.97 Å². The maximum Gasteiger partial charge on any atom is 0.0346 e. The van der Waals surface area contributed by atoms with E-state index in [9.17, 15) is 0 Å². The average Bonchev–Trinajstić information content (AvgIpc) is 2.39. The molecule has 0 saturated heterocycles. The highest BCUT2D eigenvalue weighted by molar-refractivity contribution is 5.60. The minimum Gasteiger partial charge on any atom is -0.264 e. The van der Waals surface area contributed by atoms with Gasteiger partial charge in [-0.2, -0.15) is 0 Å². The fourth-order valence-electron chi connectivity index (χ4n) is 1.07. The lowest BCUT2D eigenvalue weighted by atomic mass is 10.1. The van der Waals surface area contributed by atoms with E-state index in [1.165, 1.54) is 0 Å². The topological polar surface area (TPSA) is 25.8 Å². The van der Waals surface area contributed by atoms with Crippen LogP contribution in [-0.2, 0) is 0 Å². The van der Waals surface area contributed by atoms with Gasteiger partial charge < -0.3 is 0 Å². The number of pyridine rings is 2. The Kier molecular flexibility index (Phi) is 10.2. The van der Waals surface area contributed by atoms with Crippen LogP contribution in [0.25, 0.3) is 11.1 Å². The zero-order valence-corrected chi connectivity index (χ0v) is 13.7. The second-order valence-electron chi connectivity index (χ2n) is 5.95. The van der Waals surface area contributed by atoms with Gasteiger partial charge in [0, 0.05) is 35.9 Å². The summed E-state index contributed by atoms with van der Waals surface area (Å²) in [6, 6.07) is 7.87. The van der Waals surface area contributed by atoms with Crippen molar-refractivity contribution in [3.05, 3.63) is 49.1 Å². The first-order valence-corrected chi connectivity index (χ1v) is 7.23. The van der Waals surface area contributed by atoms with E-state index in [0.717, 1.165) is 23.0 Å². The summed E-state index contributed by atoms with van der Waals surface area (Å²) in [7, 11) is 0. The van der Waals surface area contributed by atoms with Crippen LogP contribution in [0.3, 0.4) is 0 Å². The van der Waals surface area contributed by atoms with Gasteiger partial charge in [0.05, 0.1) is 0 Å². The standard InChI is InChI=1S/C10H8N2.2C4H10/c1-3-9(7-11-5-1)10-4-2-6-12-8-10;2*1-4(2)3/h1-8H;2*4H,1-3H3. The highest BCUT2D eigenvalue weighted by atomic mass is 14.6. The summed E-state index contributed by atoms with van der Waals surface area (Å²) >= 11 is 0. The van der Waals surface area contributed by atoms with Crippen LogP contribution in [0, 0.1) is 11.8 Å². The lowest BCUT2D eigenvalue weighted by Gasteiger charge is -1.97. The summed E-state index contributed by atoms with van der Waals surface area (Å²) in [4.78, 5) is 8.07. The first-order valence-electron chi connectivity index (χ1n) is 7.23. The van der Waals surface area contributed by atoms with Crippen LogP contribution in [0.2, 0.25) is 0 Å². The lowest BCUT2D eigenvalue weighted by molar-refractivity contribution is 0.736. The molecule has 2 aromatic heterocycles. The van der Waals surface area contributed by atoms with Gasteiger partial charge in [-0.25, -0.2) is 0 Å². The molecule has 0 unspecified atom stereocenters. The molecular formula is C18H28N2. The van der Waals surface area contributed by atoms with Crippen molar-refractivity contribution in [3.8, 4) is 11.1 Å². The molecule has 0 spiro atoms. The summed E-state index contributed by atoms with van der Waals surface area (Å²) < 4.78 is 0. The van der Waals surface area contributed by atoms with Crippen LogP contribution in [0.4, 0.5) is 0 Å². The minimum absolute atomic E-state index is 0.833. The first-order chi connectivity index (χ1) is 9.43. The molecule has 0 aliphatic heterocycles. The van der Waals surface area contributed by atoms with Crippen molar-refractivity contribution in [3.63, 3.8) is 0 Å². The van der Waals surface area contributed by atoms with Gasteiger partial charge in [-0.1, -0.05) is 53.7 Å². The number of nitrogens with zero attached hydrogens (tertiary/aromatic N) is 2. The third-order valence-corrected chi connectivity index (χ3v) is 1.66. The molecule has 110 valence electrons. The molecule has 0 aromatic carbocycles. The van der Waals surface area contributed by atoms with Crippen LogP contribution >= 0.6 is 0 Å². The van der Waals surface area contributed by atoms with E-state index in [4.69, 9.17) is 0 Å². The normalized spacial score (nSPS) is 9.40. The Bertz CT molecular complexity index is 373. The van der Waals surface area contributed by atoms with E-state index in [2.05, 4.69) is 51.5 Å². The molecule has 0 atom stereocenters. The van der Waals surface area contributed by atoms with Gasteiger partial charge in [0.2, 0.25) is 0 Å². The Morgan fingerprint density at radius 2 is 0.950 bits per heavy atom. The molecule has 0 amide bonds. The maximum atomic E-state index is 4.03. The predicted molar refractivity (Wildman–Crippen MR) is 88.5 cm³/mol. The maximum absolute atomic E-state index is 4.03. The van der Waals surface area contributed by atoms with Gasteiger partial charge in [-0.05, 0) is 24.0 Å². The van der Waals surface area contributed by atoms with E-state index >= 15 is 0 Å². The molecule has 0 radical (unpaired) electrons. The van der Waals surface area contributed by atoms with Gasteiger partial charge in [0.1, 0.15) is 0 Å². The Hall–Kier alpha value is -1.70. The molecule has 20 heavy (non-hydrogen) atoms. The fraction of sp³-hybridized carbons (Fsp3) is 0.444. The van der Waals surface area contributed by atoms with Crippen molar-refractivity contribution in [2.24, 2.45) is 11.8 Å². The zero-order chi connectivity index (χ0) is 15.4. The largest absolute Gasteiger partial charge is 0.264 e. The molecule has 2 rings (SSSR count). The van der Waals surface area contributed by atoms with Crippen LogP contribution < -0.4 is 0 Å². The van der Waals surface area contributed by atoms with Crippen LogP contribution in [0.5, 0.6) is 0 Å². The van der Waals surface area contributed by atoms with E-state index in [1.54, 1.807) is 12.4 Å². The third-order valence-electron chi connectivity index (χ3n) is 1.66. The molecule has 0 fully saturated rings.